The zero-order valence-electron chi connectivity index (χ0n) is 10.8. The number of benzene rings is 1. The molecule has 5 heteroatoms. The van der Waals surface area contributed by atoms with Gasteiger partial charge in [-0.3, -0.25) is 4.79 Å². The number of carbonyl (C=O) groups excluding carboxylic acids is 1. The fourth-order valence-corrected chi connectivity index (χ4v) is 2.44. The summed E-state index contributed by atoms with van der Waals surface area (Å²) in [4.78, 5) is 23.7. The second kappa shape index (κ2) is 6.16. The van der Waals surface area contributed by atoms with Crippen molar-refractivity contribution in [2.75, 3.05) is 5.32 Å². The van der Waals surface area contributed by atoms with Crippen molar-refractivity contribution in [2.24, 2.45) is 0 Å². The number of hydrogen-bond acceptors (Lipinski definition) is 3. The van der Waals surface area contributed by atoms with Gasteiger partial charge in [-0.1, -0.05) is 12.1 Å². The maximum absolute atomic E-state index is 12.0. The van der Waals surface area contributed by atoms with Gasteiger partial charge in [0.15, 0.2) is 0 Å². The molecule has 102 valence electrons. The molecular weight excluding hydrogens is 274 g/mol. The Labute approximate surface area is 120 Å². The summed E-state index contributed by atoms with van der Waals surface area (Å²) in [7, 11) is 0. The molecule has 0 aliphatic rings. The Morgan fingerprint density at radius 1 is 1.25 bits per heavy atom. The lowest BCUT2D eigenvalue weighted by molar-refractivity contribution is -0.131. The van der Waals surface area contributed by atoms with Gasteiger partial charge in [0, 0.05) is 16.6 Å². The summed E-state index contributed by atoms with van der Waals surface area (Å²) in [5, 5.41) is 11.4. The third-order valence-electron chi connectivity index (χ3n) is 2.52. The molecule has 0 aliphatic heterocycles. The van der Waals surface area contributed by atoms with E-state index in [-0.39, 0.29) is 5.91 Å². The summed E-state index contributed by atoms with van der Waals surface area (Å²) in [5.41, 5.74) is 1.81. The van der Waals surface area contributed by atoms with Crippen molar-refractivity contribution in [2.45, 2.75) is 6.92 Å². The number of rotatable bonds is 4. The van der Waals surface area contributed by atoms with Gasteiger partial charge < -0.3 is 10.4 Å². The fourth-order valence-electron chi connectivity index (χ4n) is 1.63. The Morgan fingerprint density at radius 3 is 2.75 bits per heavy atom. The molecule has 20 heavy (non-hydrogen) atoms. The van der Waals surface area contributed by atoms with Gasteiger partial charge in [-0.15, -0.1) is 11.3 Å². The molecule has 2 rings (SSSR count). The van der Waals surface area contributed by atoms with E-state index in [1.807, 2.05) is 31.2 Å². The number of nitrogens with one attached hydrogen (secondary N) is 1. The number of carbonyl (C=O) groups is 2. The van der Waals surface area contributed by atoms with Crippen LogP contribution in [-0.2, 0) is 4.79 Å². The predicted octanol–water partition coefficient (Wildman–Crippen LogP) is 3.41. The van der Waals surface area contributed by atoms with Gasteiger partial charge in [0.1, 0.15) is 0 Å². The fraction of sp³-hybridized carbons (Fsp3) is 0.0667. The lowest BCUT2D eigenvalue weighted by Crippen LogP contribution is -2.09. The molecule has 1 aromatic heterocycles. The molecule has 2 N–H and O–H groups in total. The molecule has 1 aromatic carbocycles. The first-order valence-corrected chi connectivity index (χ1v) is 6.75. The number of aliphatic carboxylic acids is 1. The van der Waals surface area contributed by atoms with E-state index in [9.17, 15) is 9.59 Å². The Morgan fingerprint density at radius 2 is 2.05 bits per heavy atom. The number of carboxylic acids is 1. The SMILES string of the molecule is Cc1cccc(NC(=O)c2ccc(C=CC(=O)O)s2)c1. The van der Waals surface area contributed by atoms with Crippen molar-refractivity contribution < 1.29 is 14.7 Å². The zero-order chi connectivity index (χ0) is 14.5. The highest BCUT2D eigenvalue weighted by Crippen LogP contribution is 2.20. The molecule has 0 radical (unpaired) electrons. The van der Waals surface area contributed by atoms with Crippen LogP contribution in [-0.4, -0.2) is 17.0 Å². The minimum Gasteiger partial charge on any atom is -0.478 e. The zero-order valence-corrected chi connectivity index (χ0v) is 11.6. The van der Waals surface area contributed by atoms with E-state index < -0.39 is 5.97 Å². The van der Waals surface area contributed by atoms with E-state index in [1.165, 1.54) is 17.4 Å². The first-order valence-electron chi connectivity index (χ1n) is 5.93. The molecule has 4 nitrogen and oxygen atoms in total. The number of aryl methyl sites for hydroxylation is 1. The van der Waals surface area contributed by atoms with E-state index >= 15 is 0 Å². The summed E-state index contributed by atoms with van der Waals surface area (Å²) in [6.45, 7) is 1.95. The molecule has 0 saturated carbocycles. The molecule has 1 amide bonds. The van der Waals surface area contributed by atoms with E-state index in [0.29, 0.717) is 4.88 Å². The second-order valence-electron chi connectivity index (χ2n) is 4.20. The molecule has 0 unspecified atom stereocenters. The summed E-state index contributed by atoms with van der Waals surface area (Å²) in [6.07, 6.45) is 2.52. The normalized spacial score (nSPS) is 10.7. The Bertz CT molecular complexity index is 673. The topological polar surface area (TPSA) is 66.4 Å². The summed E-state index contributed by atoms with van der Waals surface area (Å²) >= 11 is 1.24. The van der Waals surface area contributed by atoms with Gasteiger partial charge in [0.2, 0.25) is 0 Å². The highest BCUT2D eigenvalue weighted by molar-refractivity contribution is 7.15. The summed E-state index contributed by atoms with van der Waals surface area (Å²) < 4.78 is 0. The number of hydrogen-bond donors (Lipinski definition) is 2. The number of amides is 1. The van der Waals surface area contributed by atoms with E-state index in [2.05, 4.69) is 5.32 Å². The summed E-state index contributed by atoms with van der Waals surface area (Å²) in [5.74, 6) is -1.21. The van der Waals surface area contributed by atoms with Crippen LogP contribution in [0.25, 0.3) is 6.08 Å². The average Bonchev–Trinajstić information content (AvgIpc) is 2.85. The van der Waals surface area contributed by atoms with Gasteiger partial charge in [0.05, 0.1) is 4.88 Å². The van der Waals surface area contributed by atoms with Crippen LogP contribution in [0.3, 0.4) is 0 Å². The number of thiophene rings is 1. The molecule has 0 atom stereocenters. The third-order valence-corrected chi connectivity index (χ3v) is 3.57. The average molecular weight is 287 g/mol. The van der Waals surface area contributed by atoms with Crippen molar-refractivity contribution in [1.29, 1.82) is 0 Å². The molecule has 0 saturated heterocycles. The maximum atomic E-state index is 12.0. The lowest BCUT2D eigenvalue weighted by atomic mass is 10.2. The minimum absolute atomic E-state index is 0.199. The van der Waals surface area contributed by atoms with Crippen LogP contribution >= 0.6 is 11.3 Å². The largest absolute Gasteiger partial charge is 0.478 e. The number of carboxylic acid groups (broad SMARTS) is 1. The Balaban J connectivity index is 2.08. The smallest absolute Gasteiger partial charge is 0.328 e. The molecule has 0 fully saturated rings. The Hall–Kier alpha value is -2.40. The first-order chi connectivity index (χ1) is 9.54. The molecule has 0 aliphatic carbocycles. The highest BCUT2D eigenvalue weighted by atomic mass is 32.1. The lowest BCUT2D eigenvalue weighted by Gasteiger charge is -2.03. The molecule has 0 spiro atoms. The van der Waals surface area contributed by atoms with Crippen LogP contribution in [0.1, 0.15) is 20.1 Å². The van der Waals surface area contributed by atoms with Crippen molar-refractivity contribution >= 4 is 35.0 Å². The van der Waals surface area contributed by atoms with E-state index in [0.717, 1.165) is 22.2 Å². The standard InChI is InChI=1S/C15H13NO3S/c1-10-3-2-4-11(9-10)16-15(19)13-7-5-12(20-13)6-8-14(17)18/h2-9H,1H3,(H,16,19)(H,17,18). The monoisotopic (exact) mass is 287 g/mol. The molecular formula is C15H13NO3S. The number of anilines is 1. The molecule has 1 heterocycles. The van der Waals surface area contributed by atoms with E-state index in [1.54, 1.807) is 12.1 Å². The third kappa shape index (κ3) is 3.80. The van der Waals surface area contributed by atoms with Gasteiger partial charge in [0.25, 0.3) is 5.91 Å². The van der Waals surface area contributed by atoms with Crippen molar-refractivity contribution in [3.63, 3.8) is 0 Å². The van der Waals surface area contributed by atoms with Crippen molar-refractivity contribution in [3.05, 3.63) is 57.8 Å². The van der Waals surface area contributed by atoms with Crippen LogP contribution in [0.15, 0.2) is 42.5 Å². The van der Waals surface area contributed by atoms with Crippen LogP contribution in [0.2, 0.25) is 0 Å². The van der Waals surface area contributed by atoms with Crippen LogP contribution in [0.4, 0.5) is 5.69 Å². The summed E-state index contributed by atoms with van der Waals surface area (Å²) in [6, 6.07) is 10.9. The van der Waals surface area contributed by atoms with Gasteiger partial charge in [-0.25, -0.2) is 4.79 Å². The van der Waals surface area contributed by atoms with Gasteiger partial charge in [-0.05, 0) is 42.8 Å². The van der Waals surface area contributed by atoms with Crippen molar-refractivity contribution in [3.8, 4) is 0 Å². The van der Waals surface area contributed by atoms with Crippen LogP contribution in [0.5, 0.6) is 0 Å². The molecule has 0 bridgehead atoms. The Kier molecular flexibility index (Phi) is 4.32. The maximum Gasteiger partial charge on any atom is 0.328 e. The highest BCUT2D eigenvalue weighted by Gasteiger charge is 2.08. The quantitative estimate of drug-likeness (QED) is 0.847. The van der Waals surface area contributed by atoms with Crippen LogP contribution in [0, 0.1) is 6.92 Å². The predicted molar refractivity (Wildman–Crippen MR) is 80.1 cm³/mol. The minimum atomic E-state index is -1.01. The van der Waals surface area contributed by atoms with Gasteiger partial charge >= 0.3 is 5.97 Å². The van der Waals surface area contributed by atoms with Crippen LogP contribution < -0.4 is 5.32 Å². The van der Waals surface area contributed by atoms with Gasteiger partial charge in [-0.2, -0.15) is 0 Å². The molecule has 2 aromatic rings. The first kappa shape index (κ1) is 14.0. The van der Waals surface area contributed by atoms with E-state index in [4.69, 9.17) is 5.11 Å². The second-order valence-corrected chi connectivity index (χ2v) is 5.31. The van der Waals surface area contributed by atoms with Crippen molar-refractivity contribution in [1.82, 2.24) is 0 Å².